The van der Waals surface area contributed by atoms with Gasteiger partial charge in [-0.2, -0.15) is 4.98 Å². The number of aromatic amines is 1. The van der Waals surface area contributed by atoms with Gasteiger partial charge in [0, 0.05) is 31.4 Å². The fraction of sp³-hybridized carbons (Fsp3) is 0.375. The number of amides is 2. The number of piperidine rings is 1. The number of nitrogens with zero attached hydrogens (tertiary/aromatic N) is 5. The largest absolute Gasteiger partial charge is 0.367 e. The van der Waals surface area contributed by atoms with Gasteiger partial charge in [0.15, 0.2) is 0 Å². The van der Waals surface area contributed by atoms with Gasteiger partial charge in [-0.1, -0.05) is 6.07 Å². The molecule has 4 N–H and O–H groups in total. The summed E-state index contributed by atoms with van der Waals surface area (Å²) < 4.78 is 1.94. The fourth-order valence-corrected chi connectivity index (χ4v) is 3.18. The fourth-order valence-electron chi connectivity index (χ4n) is 3.18. The second kappa shape index (κ2) is 6.42. The van der Waals surface area contributed by atoms with Crippen molar-refractivity contribution in [2.75, 3.05) is 18.8 Å². The van der Waals surface area contributed by atoms with Crippen LogP contribution in [0, 0.1) is 0 Å². The number of H-pyrrole nitrogens is 1. The molecule has 0 unspecified atom stereocenters. The van der Waals surface area contributed by atoms with E-state index in [4.69, 9.17) is 5.73 Å². The van der Waals surface area contributed by atoms with Crippen molar-refractivity contribution in [3.8, 4) is 0 Å². The van der Waals surface area contributed by atoms with E-state index in [-0.39, 0.29) is 17.9 Å². The number of likely N-dealkylation sites (tertiary alicyclic amines) is 1. The van der Waals surface area contributed by atoms with Gasteiger partial charge in [-0.05, 0) is 25.0 Å². The maximum atomic E-state index is 12.4. The van der Waals surface area contributed by atoms with Gasteiger partial charge >= 0.3 is 6.03 Å². The molecule has 0 atom stereocenters. The van der Waals surface area contributed by atoms with Gasteiger partial charge in [-0.3, -0.25) is 5.10 Å². The summed E-state index contributed by atoms with van der Waals surface area (Å²) in [7, 11) is 0. The van der Waals surface area contributed by atoms with Crippen molar-refractivity contribution < 1.29 is 4.79 Å². The first kappa shape index (κ1) is 15.4. The topological polar surface area (TPSA) is 117 Å². The van der Waals surface area contributed by atoms with E-state index in [2.05, 4.69) is 25.5 Å². The Morgan fingerprint density at radius 3 is 2.88 bits per heavy atom. The lowest BCUT2D eigenvalue weighted by molar-refractivity contribution is 0.180. The Bertz CT molecular complexity index is 844. The first-order valence-electron chi connectivity index (χ1n) is 8.32. The maximum absolute atomic E-state index is 12.4. The summed E-state index contributed by atoms with van der Waals surface area (Å²) in [4.78, 5) is 22.8. The van der Waals surface area contributed by atoms with Crippen LogP contribution in [0.3, 0.4) is 0 Å². The maximum Gasteiger partial charge on any atom is 0.317 e. The second-order valence-electron chi connectivity index (χ2n) is 6.20. The van der Waals surface area contributed by atoms with Gasteiger partial charge in [-0.15, -0.1) is 5.10 Å². The number of carbonyl (C=O) groups excluding carboxylic acids is 1. The van der Waals surface area contributed by atoms with Crippen LogP contribution >= 0.6 is 0 Å². The number of nitrogens with two attached hydrogens (primary N) is 1. The number of nitrogen functional groups attached to an aromatic ring is 1. The molecule has 0 aromatic carbocycles. The summed E-state index contributed by atoms with van der Waals surface area (Å²) in [5.41, 5.74) is 7.26. The van der Waals surface area contributed by atoms with E-state index >= 15 is 0 Å². The van der Waals surface area contributed by atoms with E-state index in [1.807, 2.05) is 39.9 Å². The highest BCUT2D eigenvalue weighted by Crippen LogP contribution is 2.25. The molecule has 1 aliphatic heterocycles. The lowest BCUT2D eigenvalue weighted by Gasteiger charge is -2.30. The van der Waals surface area contributed by atoms with E-state index in [0.29, 0.717) is 19.6 Å². The molecule has 0 aliphatic carbocycles. The number of hydrogen-bond donors (Lipinski definition) is 3. The molecule has 1 fully saturated rings. The summed E-state index contributed by atoms with van der Waals surface area (Å²) in [5.74, 6) is 1.34. The van der Waals surface area contributed by atoms with Crippen LogP contribution in [0.4, 0.5) is 10.7 Å². The Labute approximate surface area is 144 Å². The van der Waals surface area contributed by atoms with Crippen LogP contribution < -0.4 is 11.1 Å². The standard InChI is InChI=1S/C16H20N8O/c17-15-20-14(21-22-15)11-4-7-23(8-5-11)16(25)18-9-12-10-24-6-2-1-3-13(24)19-12/h1-3,6,10-11H,4-5,7-9H2,(H,18,25)(H3,17,20,21,22). The Morgan fingerprint density at radius 2 is 2.16 bits per heavy atom. The lowest BCUT2D eigenvalue weighted by atomic mass is 9.96. The zero-order valence-electron chi connectivity index (χ0n) is 13.7. The Kier molecular flexibility index (Phi) is 3.96. The lowest BCUT2D eigenvalue weighted by Crippen LogP contribution is -2.44. The van der Waals surface area contributed by atoms with Crippen LogP contribution in [0.5, 0.6) is 0 Å². The van der Waals surface area contributed by atoms with Crippen molar-refractivity contribution in [1.29, 1.82) is 0 Å². The highest BCUT2D eigenvalue weighted by atomic mass is 16.2. The zero-order chi connectivity index (χ0) is 17.2. The van der Waals surface area contributed by atoms with E-state index in [1.54, 1.807) is 0 Å². The quantitative estimate of drug-likeness (QED) is 0.660. The predicted molar refractivity (Wildman–Crippen MR) is 91.8 cm³/mol. The molecule has 25 heavy (non-hydrogen) atoms. The van der Waals surface area contributed by atoms with E-state index in [1.165, 1.54) is 0 Å². The molecule has 3 aromatic heterocycles. The number of anilines is 1. The minimum atomic E-state index is -0.0624. The number of urea groups is 1. The van der Waals surface area contributed by atoms with Gasteiger partial charge in [0.25, 0.3) is 0 Å². The third kappa shape index (κ3) is 3.25. The van der Waals surface area contributed by atoms with E-state index in [0.717, 1.165) is 30.0 Å². The smallest absolute Gasteiger partial charge is 0.317 e. The number of carbonyl (C=O) groups is 1. The summed E-state index contributed by atoms with van der Waals surface area (Å²) in [6, 6.07) is 5.76. The molecule has 0 saturated carbocycles. The highest BCUT2D eigenvalue weighted by Gasteiger charge is 2.25. The Hall–Kier alpha value is -3.10. The van der Waals surface area contributed by atoms with Crippen molar-refractivity contribution in [2.24, 2.45) is 0 Å². The molecule has 4 heterocycles. The van der Waals surface area contributed by atoms with Crippen LogP contribution in [-0.2, 0) is 6.54 Å². The molecule has 9 nitrogen and oxygen atoms in total. The van der Waals surface area contributed by atoms with Crippen molar-refractivity contribution in [3.05, 3.63) is 42.1 Å². The van der Waals surface area contributed by atoms with Crippen molar-refractivity contribution in [1.82, 2.24) is 34.8 Å². The predicted octanol–water partition coefficient (Wildman–Crippen LogP) is 1.12. The molecular formula is C16H20N8O. The minimum Gasteiger partial charge on any atom is -0.367 e. The third-order valence-corrected chi connectivity index (χ3v) is 4.52. The molecule has 1 aliphatic rings. The normalized spacial score (nSPS) is 15.6. The number of pyridine rings is 1. The molecule has 4 rings (SSSR count). The summed E-state index contributed by atoms with van der Waals surface area (Å²) in [6.07, 6.45) is 5.55. The molecule has 2 amide bonds. The molecule has 0 spiro atoms. The van der Waals surface area contributed by atoms with E-state index in [9.17, 15) is 4.79 Å². The van der Waals surface area contributed by atoms with Gasteiger partial charge < -0.3 is 20.4 Å². The summed E-state index contributed by atoms with van der Waals surface area (Å²) in [6.45, 7) is 1.78. The van der Waals surface area contributed by atoms with Crippen LogP contribution in [0.25, 0.3) is 5.65 Å². The number of rotatable bonds is 3. The second-order valence-corrected chi connectivity index (χ2v) is 6.20. The highest BCUT2D eigenvalue weighted by molar-refractivity contribution is 5.74. The van der Waals surface area contributed by atoms with Gasteiger partial charge in [0.05, 0.1) is 12.2 Å². The van der Waals surface area contributed by atoms with Gasteiger partial charge in [-0.25, -0.2) is 9.78 Å². The van der Waals surface area contributed by atoms with Crippen LogP contribution in [0.2, 0.25) is 0 Å². The van der Waals surface area contributed by atoms with Crippen molar-refractivity contribution >= 4 is 17.6 Å². The SMILES string of the molecule is Nc1n[nH]c(C2CCN(C(=O)NCc3cn4ccccc4n3)CC2)n1. The number of nitrogens with one attached hydrogen (secondary N) is 2. The molecule has 9 heteroatoms. The molecule has 1 saturated heterocycles. The van der Waals surface area contributed by atoms with Gasteiger partial charge in [0.1, 0.15) is 11.5 Å². The average Bonchev–Trinajstić information content (AvgIpc) is 3.25. The molecule has 3 aromatic rings. The number of aromatic nitrogens is 5. The van der Waals surface area contributed by atoms with Crippen LogP contribution in [0.15, 0.2) is 30.6 Å². The zero-order valence-corrected chi connectivity index (χ0v) is 13.7. The van der Waals surface area contributed by atoms with Crippen molar-refractivity contribution in [3.63, 3.8) is 0 Å². The first-order chi connectivity index (χ1) is 12.2. The van der Waals surface area contributed by atoms with Gasteiger partial charge in [0.2, 0.25) is 5.95 Å². The number of hydrogen-bond acceptors (Lipinski definition) is 5. The van der Waals surface area contributed by atoms with E-state index < -0.39 is 0 Å². The number of fused-ring (bicyclic) bond motifs is 1. The molecule has 130 valence electrons. The Morgan fingerprint density at radius 1 is 1.32 bits per heavy atom. The first-order valence-corrected chi connectivity index (χ1v) is 8.32. The molecule has 0 bridgehead atoms. The third-order valence-electron chi connectivity index (χ3n) is 4.52. The molecule has 0 radical (unpaired) electrons. The van der Waals surface area contributed by atoms with Crippen molar-refractivity contribution in [2.45, 2.75) is 25.3 Å². The minimum absolute atomic E-state index is 0.0624. The summed E-state index contributed by atoms with van der Waals surface area (Å²) in [5, 5.41) is 9.67. The number of imidazole rings is 1. The molecular weight excluding hydrogens is 320 g/mol. The Balaban J connectivity index is 1.30. The monoisotopic (exact) mass is 340 g/mol. The van der Waals surface area contributed by atoms with Crippen LogP contribution in [-0.4, -0.2) is 48.6 Å². The summed E-state index contributed by atoms with van der Waals surface area (Å²) >= 11 is 0. The average molecular weight is 340 g/mol. The van der Waals surface area contributed by atoms with Crippen LogP contribution in [0.1, 0.15) is 30.3 Å².